The van der Waals surface area contributed by atoms with Crippen LogP contribution in [0.4, 0.5) is 5.82 Å². The number of amides is 1. The summed E-state index contributed by atoms with van der Waals surface area (Å²) < 4.78 is 5.33. The largest absolute Gasteiger partial charge is 0.361 e. The van der Waals surface area contributed by atoms with Gasteiger partial charge in [0.1, 0.15) is 11.6 Å². The Morgan fingerprint density at radius 1 is 1.33 bits per heavy atom. The van der Waals surface area contributed by atoms with E-state index in [2.05, 4.69) is 34.2 Å². The fraction of sp³-hybridized carbons (Fsp3) is 0.375. The lowest BCUT2D eigenvalue weighted by Gasteiger charge is -2.19. The van der Waals surface area contributed by atoms with Crippen LogP contribution in [-0.2, 0) is 11.2 Å². The Hall–Kier alpha value is -3.15. The van der Waals surface area contributed by atoms with Crippen LogP contribution >= 0.6 is 0 Å². The number of anilines is 1. The Balaban J connectivity index is 1.24. The monoisotopic (exact) mass is 402 g/mol. The summed E-state index contributed by atoms with van der Waals surface area (Å²) >= 11 is 0. The molecule has 6 nitrogen and oxygen atoms in total. The maximum absolute atomic E-state index is 12.7. The molecule has 0 spiro atoms. The summed E-state index contributed by atoms with van der Waals surface area (Å²) in [5.74, 6) is 2.72. The molecule has 30 heavy (non-hydrogen) atoms. The van der Waals surface area contributed by atoms with E-state index in [-0.39, 0.29) is 5.91 Å². The van der Waals surface area contributed by atoms with Gasteiger partial charge in [-0.2, -0.15) is 0 Å². The molecule has 2 atom stereocenters. The average Bonchev–Trinajstić information content (AvgIpc) is 3.39. The molecule has 2 unspecified atom stereocenters. The van der Waals surface area contributed by atoms with Crippen molar-refractivity contribution in [2.45, 2.75) is 33.1 Å². The Bertz CT molecular complexity index is 1080. The van der Waals surface area contributed by atoms with Crippen LogP contribution in [0, 0.1) is 25.7 Å². The zero-order chi connectivity index (χ0) is 20.8. The molecule has 5 rings (SSSR count). The second-order valence-corrected chi connectivity index (χ2v) is 8.60. The Morgan fingerprint density at radius 3 is 2.97 bits per heavy atom. The highest BCUT2D eigenvalue weighted by molar-refractivity contribution is 5.92. The summed E-state index contributed by atoms with van der Waals surface area (Å²) in [5.41, 5.74) is 6.55. The van der Waals surface area contributed by atoms with Gasteiger partial charge in [0.25, 0.3) is 0 Å². The van der Waals surface area contributed by atoms with E-state index in [0.717, 1.165) is 66.4 Å². The summed E-state index contributed by atoms with van der Waals surface area (Å²) in [5, 5.41) is 7.30. The summed E-state index contributed by atoms with van der Waals surface area (Å²) in [4.78, 5) is 19.2. The number of rotatable bonds is 3. The summed E-state index contributed by atoms with van der Waals surface area (Å²) in [6.45, 7) is 9.49. The summed E-state index contributed by atoms with van der Waals surface area (Å²) in [6.07, 6.45) is 10.5. The van der Waals surface area contributed by atoms with Crippen LogP contribution in [0.5, 0.6) is 0 Å². The Kier molecular flexibility index (Phi) is 4.57. The van der Waals surface area contributed by atoms with Gasteiger partial charge >= 0.3 is 0 Å². The molecule has 0 radical (unpaired) electrons. The fourth-order valence-corrected chi connectivity index (χ4v) is 4.93. The van der Waals surface area contributed by atoms with Crippen LogP contribution in [0.3, 0.4) is 0 Å². The normalized spacial score (nSPS) is 22.8. The number of nitrogens with one attached hydrogen (secondary N) is 1. The van der Waals surface area contributed by atoms with Gasteiger partial charge in [0.15, 0.2) is 0 Å². The number of nitrogens with zero attached hydrogens (tertiary/aromatic N) is 3. The molecular formula is C24H26N4O2. The summed E-state index contributed by atoms with van der Waals surface area (Å²) in [6, 6.07) is 2.10. The zero-order valence-corrected chi connectivity index (χ0v) is 17.4. The standard InChI is InChI=1S/C24H26N4O2/c1-14-4-6-18-8-17(11-25-24(18)26-14)5-7-22(29)28-12-20-9-19(10-21(20)13-28)23-15(2)27-30-16(23)3/h5,7-9,11,20-21H,1,4,6,10,12-13H2,2-3H3,(H,25,26)/b7-5+. The van der Waals surface area contributed by atoms with E-state index in [1.165, 1.54) is 11.1 Å². The lowest BCUT2D eigenvalue weighted by Crippen LogP contribution is -2.27. The van der Waals surface area contributed by atoms with Crippen LogP contribution in [0.2, 0.25) is 0 Å². The molecule has 1 saturated heterocycles. The highest BCUT2D eigenvalue weighted by Gasteiger charge is 2.38. The molecule has 2 aromatic heterocycles. The first-order chi connectivity index (χ1) is 14.5. The first-order valence-electron chi connectivity index (χ1n) is 10.5. The van der Waals surface area contributed by atoms with Gasteiger partial charge in [0.2, 0.25) is 5.91 Å². The van der Waals surface area contributed by atoms with E-state index in [9.17, 15) is 4.79 Å². The first kappa shape index (κ1) is 18.9. The van der Waals surface area contributed by atoms with Crippen molar-refractivity contribution in [3.63, 3.8) is 0 Å². The highest BCUT2D eigenvalue weighted by atomic mass is 16.5. The number of hydrogen-bond donors (Lipinski definition) is 1. The van der Waals surface area contributed by atoms with Gasteiger partial charge in [-0.25, -0.2) is 4.98 Å². The van der Waals surface area contributed by atoms with Crippen LogP contribution in [0.1, 0.15) is 41.0 Å². The third-order valence-electron chi connectivity index (χ3n) is 6.45. The molecule has 3 aliphatic rings. The van der Waals surface area contributed by atoms with Crippen molar-refractivity contribution in [3.8, 4) is 0 Å². The summed E-state index contributed by atoms with van der Waals surface area (Å²) in [7, 11) is 0. The van der Waals surface area contributed by atoms with Crippen LogP contribution < -0.4 is 5.32 Å². The molecule has 6 heteroatoms. The minimum Gasteiger partial charge on any atom is -0.361 e. The molecule has 1 aliphatic carbocycles. The second kappa shape index (κ2) is 7.27. The number of aromatic nitrogens is 2. The van der Waals surface area contributed by atoms with Crippen molar-refractivity contribution in [2.24, 2.45) is 11.8 Å². The quantitative estimate of drug-likeness (QED) is 0.782. The molecule has 1 N–H and O–H groups in total. The molecule has 0 bridgehead atoms. The number of aryl methyl sites for hydroxylation is 3. The third-order valence-corrected chi connectivity index (χ3v) is 6.45. The third kappa shape index (κ3) is 3.36. The smallest absolute Gasteiger partial charge is 0.246 e. The van der Waals surface area contributed by atoms with Crippen molar-refractivity contribution < 1.29 is 9.32 Å². The molecule has 1 amide bonds. The minimum atomic E-state index is 0.0703. The van der Waals surface area contributed by atoms with Crippen LogP contribution in [0.15, 0.2) is 41.2 Å². The topological polar surface area (TPSA) is 71.3 Å². The van der Waals surface area contributed by atoms with Gasteiger partial charge in [0.05, 0.1) is 5.69 Å². The van der Waals surface area contributed by atoms with E-state index >= 15 is 0 Å². The molecular weight excluding hydrogens is 376 g/mol. The van der Waals surface area contributed by atoms with Crippen molar-refractivity contribution in [1.82, 2.24) is 15.0 Å². The Labute approximate surface area is 176 Å². The van der Waals surface area contributed by atoms with Crippen molar-refractivity contribution in [2.75, 3.05) is 18.4 Å². The SMILES string of the molecule is C=C1CCc2cc(/C=C/C(=O)N3CC4C=C(c5c(C)noc5C)CC4C3)cnc2N1. The highest BCUT2D eigenvalue weighted by Crippen LogP contribution is 2.42. The molecule has 1 fully saturated rings. The maximum atomic E-state index is 12.7. The molecule has 154 valence electrons. The van der Waals surface area contributed by atoms with Gasteiger partial charge < -0.3 is 14.7 Å². The van der Waals surface area contributed by atoms with Gasteiger partial charge in [-0.1, -0.05) is 17.8 Å². The maximum Gasteiger partial charge on any atom is 0.246 e. The lowest BCUT2D eigenvalue weighted by atomic mass is 9.98. The number of likely N-dealkylation sites (tertiary alicyclic amines) is 1. The number of hydrogen-bond acceptors (Lipinski definition) is 5. The molecule has 0 aromatic carbocycles. The van der Waals surface area contributed by atoms with Gasteiger partial charge in [-0.3, -0.25) is 4.79 Å². The van der Waals surface area contributed by atoms with Gasteiger partial charge in [0, 0.05) is 36.6 Å². The first-order valence-corrected chi connectivity index (χ1v) is 10.5. The minimum absolute atomic E-state index is 0.0703. The molecule has 4 heterocycles. The van der Waals surface area contributed by atoms with Crippen molar-refractivity contribution in [1.29, 1.82) is 0 Å². The second-order valence-electron chi connectivity index (χ2n) is 8.60. The molecule has 2 aromatic rings. The van der Waals surface area contributed by atoms with Crippen molar-refractivity contribution >= 4 is 23.4 Å². The number of carbonyl (C=O) groups excluding carboxylic acids is 1. The van der Waals surface area contributed by atoms with Crippen LogP contribution in [0.25, 0.3) is 11.6 Å². The zero-order valence-electron chi connectivity index (χ0n) is 17.4. The molecule has 0 saturated carbocycles. The van der Waals surface area contributed by atoms with E-state index in [1.54, 1.807) is 12.3 Å². The number of allylic oxidation sites excluding steroid dienone is 2. The van der Waals surface area contributed by atoms with E-state index < -0.39 is 0 Å². The number of carbonyl (C=O) groups is 1. The van der Waals surface area contributed by atoms with E-state index in [0.29, 0.717) is 11.8 Å². The van der Waals surface area contributed by atoms with Crippen molar-refractivity contribution in [3.05, 3.63) is 64.8 Å². The van der Waals surface area contributed by atoms with E-state index in [4.69, 9.17) is 4.52 Å². The van der Waals surface area contributed by atoms with Crippen LogP contribution in [-0.4, -0.2) is 34.0 Å². The fourth-order valence-electron chi connectivity index (χ4n) is 4.93. The Morgan fingerprint density at radius 2 is 2.20 bits per heavy atom. The van der Waals surface area contributed by atoms with Gasteiger partial charge in [-0.15, -0.1) is 0 Å². The predicted molar refractivity (Wildman–Crippen MR) is 116 cm³/mol. The lowest BCUT2D eigenvalue weighted by molar-refractivity contribution is -0.125. The molecule has 2 aliphatic heterocycles. The number of fused-ring (bicyclic) bond motifs is 2. The van der Waals surface area contributed by atoms with Gasteiger partial charge in [-0.05, 0) is 73.8 Å². The van der Waals surface area contributed by atoms with E-state index in [1.807, 2.05) is 24.8 Å². The number of pyridine rings is 1. The predicted octanol–water partition coefficient (Wildman–Crippen LogP) is 4.13. The average molecular weight is 402 g/mol.